The van der Waals surface area contributed by atoms with Crippen LogP contribution >= 0.6 is 11.6 Å². The molecule has 3 rings (SSSR count). The van der Waals surface area contributed by atoms with Crippen LogP contribution in [0, 0.1) is 0 Å². The van der Waals surface area contributed by atoms with Gasteiger partial charge < -0.3 is 4.57 Å². The van der Waals surface area contributed by atoms with Gasteiger partial charge in [0, 0.05) is 23.0 Å². The summed E-state index contributed by atoms with van der Waals surface area (Å²) in [6, 6.07) is 8.14. The van der Waals surface area contributed by atoms with Crippen LogP contribution in [0.4, 0.5) is 0 Å². The van der Waals surface area contributed by atoms with Gasteiger partial charge in [-0.25, -0.2) is 4.98 Å². The molecule has 1 aliphatic heterocycles. The predicted molar refractivity (Wildman–Crippen MR) is 83.7 cm³/mol. The summed E-state index contributed by atoms with van der Waals surface area (Å²) in [7, 11) is 0. The fraction of sp³-hybridized carbons (Fsp3) is 0.118. The largest absolute Gasteiger partial charge is 0.319 e. The number of hydrogen-bond acceptors (Lipinski definition) is 1. The minimum atomic E-state index is 0.154. The highest BCUT2D eigenvalue weighted by Crippen LogP contribution is 2.43. The molecule has 0 bridgehead atoms. The van der Waals surface area contributed by atoms with Gasteiger partial charge in [0.1, 0.15) is 5.82 Å². The number of aromatic nitrogens is 2. The molecular formula is C17H15ClN2. The molecule has 0 amide bonds. The van der Waals surface area contributed by atoms with Gasteiger partial charge in [-0.05, 0) is 30.2 Å². The van der Waals surface area contributed by atoms with Crippen molar-refractivity contribution in [2.75, 3.05) is 0 Å². The zero-order valence-electron chi connectivity index (χ0n) is 11.3. The first kappa shape index (κ1) is 12.9. The van der Waals surface area contributed by atoms with Crippen LogP contribution in [0.15, 0.2) is 67.0 Å². The summed E-state index contributed by atoms with van der Waals surface area (Å²) in [5.74, 6) is 0.984. The Bertz CT molecular complexity index is 705. The molecule has 20 heavy (non-hydrogen) atoms. The molecule has 0 saturated heterocycles. The van der Waals surface area contributed by atoms with E-state index in [0.717, 1.165) is 16.4 Å². The second kappa shape index (κ2) is 5.14. The van der Waals surface area contributed by atoms with Crippen LogP contribution in [-0.4, -0.2) is 9.55 Å². The lowest BCUT2D eigenvalue weighted by Gasteiger charge is -2.15. The van der Waals surface area contributed by atoms with Crippen LogP contribution in [0.5, 0.6) is 0 Å². The van der Waals surface area contributed by atoms with E-state index in [1.807, 2.05) is 36.7 Å². The highest BCUT2D eigenvalue weighted by Gasteiger charge is 2.32. The van der Waals surface area contributed by atoms with Gasteiger partial charge >= 0.3 is 0 Å². The Kier molecular flexibility index (Phi) is 3.33. The maximum Gasteiger partial charge on any atom is 0.141 e. The SMILES string of the molecule is C=C/C=C1\C(=C/C)C(c2ccc(Cl)cc2)n2ccnc21. The van der Waals surface area contributed by atoms with Gasteiger partial charge in [0.15, 0.2) is 0 Å². The third-order valence-electron chi connectivity index (χ3n) is 3.57. The van der Waals surface area contributed by atoms with Crippen LogP contribution in [-0.2, 0) is 0 Å². The van der Waals surface area contributed by atoms with Gasteiger partial charge in [0.2, 0.25) is 0 Å². The van der Waals surface area contributed by atoms with E-state index < -0.39 is 0 Å². The molecule has 3 heteroatoms. The second-order valence-electron chi connectivity index (χ2n) is 4.67. The molecule has 0 spiro atoms. The Morgan fingerprint density at radius 3 is 2.70 bits per heavy atom. The second-order valence-corrected chi connectivity index (χ2v) is 5.11. The standard InChI is InChI=1S/C17H15ClN2/c1-3-5-15-14(4-2)16(20-11-10-19-17(15)20)12-6-8-13(18)9-7-12/h3-11,16H,1H2,2H3/b14-4+,15-5+. The number of rotatable bonds is 2. The molecule has 1 aromatic carbocycles. The molecule has 1 aromatic heterocycles. The number of imidazole rings is 1. The van der Waals surface area contributed by atoms with Crippen LogP contribution < -0.4 is 0 Å². The van der Waals surface area contributed by atoms with Crippen molar-refractivity contribution in [2.24, 2.45) is 0 Å². The molecule has 0 N–H and O–H groups in total. The Morgan fingerprint density at radius 1 is 1.30 bits per heavy atom. The zero-order chi connectivity index (χ0) is 14.1. The lowest BCUT2D eigenvalue weighted by atomic mass is 9.95. The lowest BCUT2D eigenvalue weighted by molar-refractivity contribution is 0.705. The van der Waals surface area contributed by atoms with Gasteiger partial charge in [0.05, 0.1) is 6.04 Å². The van der Waals surface area contributed by atoms with Crippen LogP contribution in [0.3, 0.4) is 0 Å². The van der Waals surface area contributed by atoms with Crippen molar-refractivity contribution >= 4 is 17.2 Å². The van der Waals surface area contributed by atoms with Crippen molar-refractivity contribution in [3.05, 3.63) is 83.4 Å². The highest BCUT2D eigenvalue weighted by atomic mass is 35.5. The van der Waals surface area contributed by atoms with E-state index in [2.05, 4.69) is 41.3 Å². The fourth-order valence-corrected chi connectivity index (χ4v) is 2.87. The van der Waals surface area contributed by atoms with Gasteiger partial charge in [0.25, 0.3) is 0 Å². The average Bonchev–Trinajstić information content (AvgIpc) is 3.02. The van der Waals surface area contributed by atoms with Gasteiger partial charge in [-0.2, -0.15) is 0 Å². The third kappa shape index (κ3) is 1.93. The average molecular weight is 283 g/mol. The van der Waals surface area contributed by atoms with E-state index >= 15 is 0 Å². The summed E-state index contributed by atoms with van der Waals surface area (Å²) in [4.78, 5) is 4.47. The van der Waals surface area contributed by atoms with Crippen molar-refractivity contribution in [1.82, 2.24) is 9.55 Å². The van der Waals surface area contributed by atoms with E-state index in [-0.39, 0.29) is 6.04 Å². The Balaban J connectivity index is 2.18. The summed E-state index contributed by atoms with van der Waals surface area (Å²) >= 11 is 5.99. The molecule has 1 aliphatic rings. The molecular weight excluding hydrogens is 268 g/mol. The predicted octanol–water partition coefficient (Wildman–Crippen LogP) is 4.66. The monoisotopic (exact) mass is 282 g/mol. The molecule has 0 fully saturated rings. The summed E-state index contributed by atoms with van der Waals surface area (Å²) in [6.45, 7) is 5.86. The third-order valence-corrected chi connectivity index (χ3v) is 3.83. The maximum atomic E-state index is 5.99. The van der Waals surface area contributed by atoms with Crippen molar-refractivity contribution in [3.63, 3.8) is 0 Å². The number of nitrogens with zero attached hydrogens (tertiary/aromatic N) is 2. The lowest BCUT2D eigenvalue weighted by Crippen LogP contribution is -2.06. The van der Waals surface area contributed by atoms with Crippen LogP contribution in [0.1, 0.15) is 24.4 Å². The number of allylic oxidation sites excluding steroid dienone is 5. The number of hydrogen-bond donors (Lipinski definition) is 0. The van der Waals surface area contributed by atoms with E-state index in [4.69, 9.17) is 11.6 Å². The van der Waals surface area contributed by atoms with Crippen molar-refractivity contribution in [1.29, 1.82) is 0 Å². The molecule has 2 heterocycles. The number of benzene rings is 1. The molecule has 2 nitrogen and oxygen atoms in total. The van der Waals surface area contributed by atoms with E-state index in [9.17, 15) is 0 Å². The van der Waals surface area contributed by atoms with Gasteiger partial charge in [-0.1, -0.05) is 48.5 Å². The molecule has 0 aliphatic carbocycles. The van der Waals surface area contributed by atoms with Crippen molar-refractivity contribution in [2.45, 2.75) is 13.0 Å². The molecule has 100 valence electrons. The summed E-state index contributed by atoms with van der Waals surface area (Å²) in [5.41, 5.74) is 3.58. The fourth-order valence-electron chi connectivity index (χ4n) is 2.74. The normalized spacial score (nSPS) is 21.4. The molecule has 0 saturated carbocycles. The minimum Gasteiger partial charge on any atom is -0.319 e. The maximum absolute atomic E-state index is 5.99. The minimum absolute atomic E-state index is 0.154. The first-order valence-electron chi connectivity index (χ1n) is 6.54. The summed E-state index contributed by atoms with van der Waals surface area (Å²) in [5, 5.41) is 0.751. The molecule has 0 radical (unpaired) electrons. The highest BCUT2D eigenvalue weighted by molar-refractivity contribution is 6.30. The number of fused-ring (bicyclic) bond motifs is 1. The smallest absolute Gasteiger partial charge is 0.141 e. The molecule has 2 aromatic rings. The molecule has 1 atom stereocenters. The summed E-state index contributed by atoms with van der Waals surface area (Å²) < 4.78 is 2.19. The Hall–Kier alpha value is -2.06. The Labute approximate surface area is 123 Å². The van der Waals surface area contributed by atoms with E-state index in [0.29, 0.717) is 0 Å². The van der Waals surface area contributed by atoms with E-state index in [1.165, 1.54) is 11.1 Å². The number of halogens is 1. The van der Waals surface area contributed by atoms with Crippen molar-refractivity contribution in [3.8, 4) is 0 Å². The summed E-state index contributed by atoms with van der Waals surface area (Å²) in [6.07, 6.45) is 9.82. The quantitative estimate of drug-likeness (QED) is 0.783. The van der Waals surface area contributed by atoms with Crippen molar-refractivity contribution < 1.29 is 0 Å². The van der Waals surface area contributed by atoms with Crippen LogP contribution in [0.25, 0.3) is 5.57 Å². The van der Waals surface area contributed by atoms with E-state index in [1.54, 1.807) is 0 Å². The zero-order valence-corrected chi connectivity index (χ0v) is 12.0. The van der Waals surface area contributed by atoms with Gasteiger partial charge in [-0.3, -0.25) is 0 Å². The topological polar surface area (TPSA) is 17.8 Å². The first-order valence-corrected chi connectivity index (χ1v) is 6.92. The molecule has 1 unspecified atom stereocenters. The Morgan fingerprint density at radius 2 is 2.05 bits per heavy atom. The van der Waals surface area contributed by atoms with Crippen LogP contribution in [0.2, 0.25) is 5.02 Å². The van der Waals surface area contributed by atoms with Gasteiger partial charge in [-0.15, -0.1) is 0 Å². The first-order chi connectivity index (χ1) is 9.76.